The number of fused-ring (bicyclic) bond motifs is 5. The zero-order chi connectivity index (χ0) is 39.5. The second kappa shape index (κ2) is 14.9. The molecule has 0 spiro atoms. The van der Waals surface area contributed by atoms with E-state index in [1.165, 1.54) is 12.0 Å². The van der Waals surface area contributed by atoms with Gasteiger partial charge in [0.15, 0.2) is 0 Å². The van der Waals surface area contributed by atoms with Crippen molar-refractivity contribution in [2.24, 2.45) is 7.05 Å². The van der Waals surface area contributed by atoms with E-state index in [-0.39, 0.29) is 29.5 Å². The van der Waals surface area contributed by atoms with Gasteiger partial charge in [-0.3, -0.25) is 19.2 Å². The first-order valence-corrected chi connectivity index (χ1v) is 21.3. The molecule has 0 bridgehead atoms. The molecule has 2 aliphatic heterocycles. The van der Waals surface area contributed by atoms with E-state index in [1.807, 2.05) is 34.8 Å². The summed E-state index contributed by atoms with van der Waals surface area (Å²) >= 11 is 0. The zero-order valence-corrected chi connectivity index (χ0v) is 34.6. The van der Waals surface area contributed by atoms with Crippen LogP contribution in [0.1, 0.15) is 129 Å². The molecule has 2 aromatic carbocycles. The molecule has 2 aromatic heterocycles. The number of aryl methyl sites for hydroxylation is 1. The Kier molecular flexibility index (Phi) is 10.5. The molecule has 55 heavy (non-hydrogen) atoms. The van der Waals surface area contributed by atoms with Crippen LogP contribution >= 0.6 is 0 Å². The monoisotopic (exact) mass is 768 g/mol. The van der Waals surface area contributed by atoms with E-state index in [9.17, 15) is 18.0 Å². The van der Waals surface area contributed by atoms with Gasteiger partial charge in [0.1, 0.15) is 5.75 Å². The molecule has 1 saturated carbocycles. The minimum Gasteiger partial charge on any atom is -0.497 e. The van der Waals surface area contributed by atoms with E-state index < -0.39 is 21.2 Å². The number of allylic oxidation sites excluding steroid dienone is 1. The number of carbonyl (C=O) groups excluding carboxylic acids is 2. The van der Waals surface area contributed by atoms with Crippen molar-refractivity contribution in [3.63, 3.8) is 0 Å². The highest BCUT2D eigenvalue weighted by atomic mass is 32.2. The van der Waals surface area contributed by atoms with E-state index in [2.05, 4.69) is 67.1 Å². The summed E-state index contributed by atoms with van der Waals surface area (Å²) in [4.78, 5) is 32.8. The lowest BCUT2D eigenvalue weighted by molar-refractivity contribution is 0.0412. The number of ether oxygens (including phenoxy) is 1. The van der Waals surface area contributed by atoms with Crippen molar-refractivity contribution < 1.29 is 22.7 Å². The number of piperazine rings is 1. The molecular formula is C43H56N6O5S. The number of nitrogens with zero attached hydrogens (tertiary/aromatic N) is 5. The molecule has 294 valence electrons. The van der Waals surface area contributed by atoms with Crippen LogP contribution in [0.5, 0.6) is 5.75 Å². The van der Waals surface area contributed by atoms with Gasteiger partial charge in [0.05, 0.1) is 41.5 Å². The van der Waals surface area contributed by atoms with Crippen molar-refractivity contribution in [3.8, 4) is 17.0 Å². The highest BCUT2D eigenvalue weighted by Gasteiger charge is 2.37. The second-order valence-corrected chi connectivity index (χ2v) is 18.8. The molecule has 2 unspecified atom stereocenters. The summed E-state index contributed by atoms with van der Waals surface area (Å²) < 4.78 is 37.8. The van der Waals surface area contributed by atoms with Crippen LogP contribution in [0.3, 0.4) is 0 Å². The number of hydrogen-bond acceptors (Lipinski definition) is 7. The van der Waals surface area contributed by atoms with Gasteiger partial charge in [-0.05, 0) is 113 Å². The summed E-state index contributed by atoms with van der Waals surface area (Å²) in [5.41, 5.74) is 8.55. The maximum absolute atomic E-state index is 14.9. The molecule has 11 nitrogen and oxygen atoms in total. The highest BCUT2D eigenvalue weighted by Crippen LogP contribution is 2.48. The fourth-order valence-corrected chi connectivity index (χ4v) is 9.50. The largest absolute Gasteiger partial charge is 0.497 e. The zero-order valence-electron chi connectivity index (χ0n) is 33.8. The third-order valence-corrected chi connectivity index (χ3v) is 13.9. The number of likely N-dealkylation sites (N-methyl/N-ethyl adjacent to an activating group) is 1. The fraction of sp³-hybridized carbons (Fsp3) is 0.512. The fourth-order valence-electron chi connectivity index (χ4n) is 8.89. The first-order chi connectivity index (χ1) is 26.1. The molecule has 1 saturated heterocycles. The highest BCUT2D eigenvalue weighted by molar-refractivity contribution is 7.90. The number of amides is 2. The number of carbonyl (C=O) groups is 2. The summed E-state index contributed by atoms with van der Waals surface area (Å²) in [6, 6.07) is 12.2. The Morgan fingerprint density at radius 1 is 0.927 bits per heavy atom. The number of hydrogen-bond donors (Lipinski definition) is 1. The molecule has 1 N–H and O–H groups in total. The van der Waals surface area contributed by atoms with Gasteiger partial charge in [-0.15, -0.1) is 0 Å². The third-order valence-electron chi connectivity index (χ3n) is 12.2. The summed E-state index contributed by atoms with van der Waals surface area (Å²) in [7, 11) is 1.87. The summed E-state index contributed by atoms with van der Waals surface area (Å²) in [6.45, 7) is 13.2. The number of sulfonamides is 1. The van der Waals surface area contributed by atoms with Crippen molar-refractivity contribution >= 4 is 44.4 Å². The topological polar surface area (TPSA) is 119 Å². The van der Waals surface area contributed by atoms with Gasteiger partial charge in [0, 0.05) is 54.3 Å². The Balaban J connectivity index is 1.47. The number of methoxy groups -OCH3 is 1. The van der Waals surface area contributed by atoms with E-state index >= 15 is 0 Å². The molecule has 4 aromatic rings. The van der Waals surface area contributed by atoms with Gasteiger partial charge in [-0.2, -0.15) is 5.10 Å². The van der Waals surface area contributed by atoms with E-state index in [1.54, 1.807) is 27.0 Å². The van der Waals surface area contributed by atoms with Gasteiger partial charge in [0.25, 0.3) is 11.8 Å². The average Bonchev–Trinajstić information content (AvgIpc) is 3.61. The maximum Gasteiger partial charge on any atom is 0.264 e. The standard InChI is InChI=1S/C43H56N6O5S/c1-25(2)39-38(43(51)48-22-27(5)46(7)28(6)23-48)40(47(8)44-39)32-19-31-20-33(54-9)16-18-34(31)41-37(29-13-11-10-12-14-29)35-17-15-30(21-36(35)49(41)24-32)42(50)45-55(52,53)26(3)4/h15-21,25-29H,10-14,22-24H2,1-9H3,(H,45,50). The molecular weight excluding hydrogens is 713 g/mol. The molecule has 4 heterocycles. The van der Waals surface area contributed by atoms with Crippen LogP contribution in [0, 0.1) is 0 Å². The lowest BCUT2D eigenvalue weighted by Crippen LogP contribution is -2.56. The first-order valence-electron chi connectivity index (χ1n) is 19.8. The normalized spacial score (nSPS) is 19.7. The molecule has 0 radical (unpaired) electrons. The first kappa shape index (κ1) is 38.8. The molecule has 1 aliphatic carbocycles. The number of benzene rings is 2. The lowest BCUT2D eigenvalue weighted by Gasteiger charge is -2.42. The Hall–Kier alpha value is -4.42. The molecule has 12 heteroatoms. The van der Waals surface area contributed by atoms with Crippen LogP contribution in [-0.2, 0) is 23.6 Å². The van der Waals surface area contributed by atoms with Crippen LogP contribution in [0.25, 0.3) is 33.8 Å². The Morgan fingerprint density at radius 2 is 1.62 bits per heavy atom. The van der Waals surface area contributed by atoms with E-state index in [0.29, 0.717) is 31.1 Å². The summed E-state index contributed by atoms with van der Waals surface area (Å²) in [5, 5.41) is 5.33. The van der Waals surface area contributed by atoms with Gasteiger partial charge < -0.3 is 14.2 Å². The summed E-state index contributed by atoms with van der Waals surface area (Å²) in [5.74, 6) is 0.377. The van der Waals surface area contributed by atoms with Crippen molar-refractivity contribution in [1.82, 2.24) is 28.9 Å². The Bertz CT molecular complexity index is 2280. The predicted octanol–water partition coefficient (Wildman–Crippen LogP) is 7.41. The SMILES string of the molecule is COc1ccc2c(c1)C=C(c1c(C(=O)N3CC(C)N(C)C(C)C3)c(C(C)C)nn1C)Cn1c-2c(C2CCCCC2)c2ccc(C(=O)NS(=O)(=O)C(C)C)cc21. The minimum absolute atomic E-state index is 0.00373. The van der Waals surface area contributed by atoms with Gasteiger partial charge in [-0.1, -0.05) is 39.2 Å². The van der Waals surface area contributed by atoms with Gasteiger partial charge in [-0.25, -0.2) is 13.1 Å². The minimum atomic E-state index is -3.84. The molecule has 2 amide bonds. The number of rotatable bonds is 8. The van der Waals surface area contributed by atoms with Crippen LogP contribution in [-0.4, -0.2) is 89.0 Å². The predicted molar refractivity (Wildman–Crippen MR) is 219 cm³/mol. The van der Waals surface area contributed by atoms with Crippen molar-refractivity contribution in [2.45, 2.75) is 109 Å². The second-order valence-electron chi connectivity index (χ2n) is 16.5. The van der Waals surface area contributed by atoms with Crippen LogP contribution in [0.4, 0.5) is 0 Å². The Morgan fingerprint density at radius 3 is 2.25 bits per heavy atom. The van der Waals surface area contributed by atoms with Gasteiger partial charge in [0.2, 0.25) is 10.0 Å². The smallest absolute Gasteiger partial charge is 0.264 e. The van der Waals surface area contributed by atoms with Crippen molar-refractivity contribution in [1.29, 1.82) is 0 Å². The van der Waals surface area contributed by atoms with E-state index in [4.69, 9.17) is 9.84 Å². The van der Waals surface area contributed by atoms with Crippen molar-refractivity contribution in [2.75, 3.05) is 27.2 Å². The van der Waals surface area contributed by atoms with Crippen LogP contribution in [0.2, 0.25) is 0 Å². The summed E-state index contributed by atoms with van der Waals surface area (Å²) in [6.07, 6.45) is 7.80. The molecule has 7 rings (SSSR count). The van der Waals surface area contributed by atoms with E-state index in [0.717, 1.165) is 76.1 Å². The van der Waals surface area contributed by atoms with Gasteiger partial charge >= 0.3 is 0 Å². The van der Waals surface area contributed by atoms with Crippen molar-refractivity contribution in [3.05, 3.63) is 70.0 Å². The molecule has 2 atom stereocenters. The maximum atomic E-state index is 14.9. The molecule has 2 fully saturated rings. The Labute approximate surface area is 325 Å². The number of aromatic nitrogens is 3. The molecule has 3 aliphatic rings. The van der Waals surface area contributed by atoms with Crippen LogP contribution in [0.15, 0.2) is 36.4 Å². The number of nitrogens with one attached hydrogen (secondary N) is 1. The van der Waals surface area contributed by atoms with Crippen LogP contribution < -0.4 is 9.46 Å². The quantitative estimate of drug-likeness (QED) is 0.198. The average molecular weight is 769 g/mol. The third kappa shape index (κ3) is 7.01. The lowest BCUT2D eigenvalue weighted by atomic mass is 9.81.